The van der Waals surface area contributed by atoms with E-state index in [1.165, 1.54) is 0 Å². The zero-order valence-electron chi connectivity index (χ0n) is 18.1. The second-order valence-corrected chi connectivity index (χ2v) is 7.34. The van der Waals surface area contributed by atoms with E-state index in [0.717, 1.165) is 55.0 Å². The van der Waals surface area contributed by atoms with Gasteiger partial charge in [-0.25, -0.2) is 0 Å². The van der Waals surface area contributed by atoms with Gasteiger partial charge in [-0.1, -0.05) is 74.5 Å². The molecule has 0 saturated carbocycles. The summed E-state index contributed by atoms with van der Waals surface area (Å²) >= 11 is 0. The van der Waals surface area contributed by atoms with Crippen molar-refractivity contribution in [2.45, 2.75) is 33.2 Å². The molecule has 0 unspecified atom stereocenters. The summed E-state index contributed by atoms with van der Waals surface area (Å²) in [6.07, 6.45) is 3.29. The van der Waals surface area contributed by atoms with Crippen molar-refractivity contribution in [2.75, 3.05) is 26.2 Å². The summed E-state index contributed by atoms with van der Waals surface area (Å²) in [4.78, 5) is 14.7. The van der Waals surface area contributed by atoms with Gasteiger partial charge in [0.2, 0.25) is 5.91 Å². The van der Waals surface area contributed by atoms with Crippen LogP contribution in [0.2, 0.25) is 0 Å². The third-order valence-electron chi connectivity index (χ3n) is 5.39. The van der Waals surface area contributed by atoms with Gasteiger partial charge in [0, 0.05) is 24.1 Å². The van der Waals surface area contributed by atoms with Crippen LogP contribution in [-0.2, 0) is 11.3 Å². The van der Waals surface area contributed by atoms with Crippen LogP contribution in [0.15, 0.2) is 66.9 Å². The SMILES string of the molecule is CCN(CC)CCCNC(=O)CCn1ncc(-c2ccccc2)c1-c1ccccc1. The maximum absolute atomic E-state index is 12.4. The van der Waals surface area contributed by atoms with Gasteiger partial charge in [0.05, 0.1) is 18.4 Å². The first kappa shape index (κ1) is 21.8. The Morgan fingerprint density at radius 1 is 0.967 bits per heavy atom. The minimum atomic E-state index is 0.0744. The number of hydrogen-bond acceptors (Lipinski definition) is 3. The fourth-order valence-corrected chi connectivity index (χ4v) is 3.65. The zero-order valence-corrected chi connectivity index (χ0v) is 18.1. The molecule has 158 valence electrons. The van der Waals surface area contributed by atoms with Gasteiger partial charge < -0.3 is 10.2 Å². The van der Waals surface area contributed by atoms with Crippen molar-refractivity contribution < 1.29 is 4.79 Å². The Morgan fingerprint density at radius 2 is 1.60 bits per heavy atom. The van der Waals surface area contributed by atoms with Crippen LogP contribution in [0.25, 0.3) is 22.4 Å². The average molecular weight is 405 g/mol. The zero-order chi connectivity index (χ0) is 21.2. The first-order valence-electron chi connectivity index (χ1n) is 10.9. The standard InChI is InChI=1S/C25H32N4O/c1-3-28(4-2)18-11-17-26-24(30)16-19-29-25(22-14-9-6-10-15-22)23(20-27-29)21-12-7-5-8-13-21/h5-10,12-15,20H,3-4,11,16-19H2,1-2H3,(H,26,30). The summed E-state index contributed by atoms with van der Waals surface area (Å²) in [5, 5.41) is 7.66. The highest BCUT2D eigenvalue weighted by atomic mass is 16.1. The number of rotatable bonds is 11. The molecule has 0 saturated heterocycles. The van der Waals surface area contributed by atoms with E-state index in [9.17, 15) is 4.79 Å². The molecule has 5 nitrogen and oxygen atoms in total. The van der Waals surface area contributed by atoms with Gasteiger partial charge in [-0.2, -0.15) is 5.10 Å². The highest BCUT2D eigenvalue weighted by Crippen LogP contribution is 2.32. The second-order valence-electron chi connectivity index (χ2n) is 7.34. The van der Waals surface area contributed by atoms with Crippen molar-refractivity contribution in [2.24, 2.45) is 0 Å². The number of carbonyl (C=O) groups excluding carboxylic acids is 1. The van der Waals surface area contributed by atoms with Gasteiger partial charge in [0.25, 0.3) is 0 Å². The summed E-state index contributed by atoms with van der Waals surface area (Å²) < 4.78 is 1.95. The van der Waals surface area contributed by atoms with Gasteiger partial charge in [-0.05, 0) is 31.6 Å². The third-order valence-corrected chi connectivity index (χ3v) is 5.39. The molecule has 1 amide bonds. The van der Waals surface area contributed by atoms with E-state index < -0.39 is 0 Å². The topological polar surface area (TPSA) is 50.2 Å². The van der Waals surface area contributed by atoms with Crippen molar-refractivity contribution in [3.05, 3.63) is 66.9 Å². The Kier molecular flexibility index (Phi) is 8.21. The van der Waals surface area contributed by atoms with Gasteiger partial charge in [-0.3, -0.25) is 9.48 Å². The molecule has 0 radical (unpaired) electrons. The molecule has 1 N–H and O–H groups in total. The summed E-state index contributed by atoms with van der Waals surface area (Å²) in [6, 6.07) is 20.5. The number of hydrogen-bond donors (Lipinski definition) is 1. The Hall–Kier alpha value is -2.92. The molecular weight excluding hydrogens is 372 g/mol. The Balaban J connectivity index is 1.65. The van der Waals surface area contributed by atoms with Crippen LogP contribution < -0.4 is 5.32 Å². The molecule has 0 aliphatic rings. The highest BCUT2D eigenvalue weighted by molar-refractivity contribution is 5.81. The van der Waals surface area contributed by atoms with Crippen LogP contribution in [0.1, 0.15) is 26.7 Å². The molecule has 0 atom stereocenters. The maximum Gasteiger partial charge on any atom is 0.221 e. The smallest absolute Gasteiger partial charge is 0.221 e. The number of carbonyl (C=O) groups is 1. The van der Waals surface area contributed by atoms with E-state index in [-0.39, 0.29) is 5.91 Å². The molecule has 0 bridgehead atoms. The quantitative estimate of drug-likeness (QED) is 0.480. The molecule has 2 aromatic carbocycles. The number of aromatic nitrogens is 2. The van der Waals surface area contributed by atoms with Crippen LogP contribution in [0.4, 0.5) is 0 Å². The molecule has 3 rings (SSSR count). The maximum atomic E-state index is 12.4. The summed E-state index contributed by atoms with van der Waals surface area (Å²) in [7, 11) is 0. The van der Waals surface area contributed by atoms with Gasteiger partial charge >= 0.3 is 0 Å². The second kappa shape index (κ2) is 11.3. The Morgan fingerprint density at radius 3 is 2.23 bits per heavy atom. The summed E-state index contributed by atoms with van der Waals surface area (Å²) in [6.45, 7) is 8.73. The van der Waals surface area contributed by atoms with Gasteiger partial charge in [-0.15, -0.1) is 0 Å². The molecule has 3 aromatic rings. The van der Waals surface area contributed by atoms with E-state index >= 15 is 0 Å². The Labute approximate surface area is 179 Å². The van der Waals surface area contributed by atoms with Crippen LogP contribution in [0.3, 0.4) is 0 Å². The first-order valence-corrected chi connectivity index (χ1v) is 10.9. The third kappa shape index (κ3) is 5.80. The van der Waals surface area contributed by atoms with E-state index in [1.807, 2.05) is 47.3 Å². The molecule has 0 aliphatic heterocycles. The minimum absolute atomic E-state index is 0.0744. The van der Waals surface area contributed by atoms with Gasteiger partial charge in [0.15, 0.2) is 0 Å². The minimum Gasteiger partial charge on any atom is -0.356 e. The lowest BCUT2D eigenvalue weighted by Gasteiger charge is -2.17. The van der Waals surface area contributed by atoms with Crippen molar-refractivity contribution in [1.29, 1.82) is 0 Å². The lowest BCUT2D eigenvalue weighted by Crippen LogP contribution is -2.30. The fourth-order valence-electron chi connectivity index (χ4n) is 3.65. The largest absolute Gasteiger partial charge is 0.356 e. The predicted octanol–water partition coefficient (Wildman–Crippen LogP) is 4.46. The number of nitrogens with zero attached hydrogens (tertiary/aromatic N) is 3. The Bertz CT molecular complexity index is 901. The first-order chi connectivity index (χ1) is 14.7. The molecule has 1 heterocycles. The van der Waals surface area contributed by atoms with E-state index in [2.05, 4.69) is 53.4 Å². The van der Waals surface area contributed by atoms with Crippen LogP contribution in [0, 0.1) is 0 Å². The number of aryl methyl sites for hydroxylation is 1. The normalized spacial score (nSPS) is 11.0. The molecule has 0 fully saturated rings. The van der Waals surface area contributed by atoms with Crippen molar-refractivity contribution in [1.82, 2.24) is 20.0 Å². The number of amides is 1. The van der Waals surface area contributed by atoms with Gasteiger partial charge in [0.1, 0.15) is 0 Å². The molecule has 0 spiro atoms. The van der Waals surface area contributed by atoms with Crippen molar-refractivity contribution in [3.63, 3.8) is 0 Å². The van der Waals surface area contributed by atoms with Crippen LogP contribution in [0.5, 0.6) is 0 Å². The van der Waals surface area contributed by atoms with Crippen molar-refractivity contribution >= 4 is 5.91 Å². The van der Waals surface area contributed by atoms with Crippen LogP contribution >= 0.6 is 0 Å². The number of nitrogens with one attached hydrogen (secondary N) is 1. The fraction of sp³-hybridized carbons (Fsp3) is 0.360. The van der Waals surface area contributed by atoms with Crippen molar-refractivity contribution in [3.8, 4) is 22.4 Å². The summed E-state index contributed by atoms with van der Waals surface area (Å²) in [5.41, 5.74) is 4.37. The molecular formula is C25H32N4O. The van der Waals surface area contributed by atoms with Crippen LogP contribution in [-0.4, -0.2) is 46.8 Å². The molecule has 30 heavy (non-hydrogen) atoms. The highest BCUT2D eigenvalue weighted by Gasteiger charge is 2.15. The lowest BCUT2D eigenvalue weighted by molar-refractivity contribution is -0.121. The lowest BCUT2D eigenvalue weighted by atomic mass is 10.0. The number of benzene rings is 2. The molecule has 1 aromatic heterocycles. The molecule has 5 heteroatoms. The monoisotopic (exact) mass is 404 g/mol. The molecule has 0 aliphatic carbocycles. The van der Waals surface area contributed by atoms with E-state index in [1.54, 1.807) is 0 Å². The summed E-state index contributed by atoms with van der Waals surface area (Å²) in [5.74, 6) is 0.0744. The average Bonchev–Trinajstić information content (AvgIpc) is 3.23. The van der Waals surface area contributed by atoms with E-state index in [0.29, 0.717) is 13.0 Å². The van der Waals surface area contributed by atoms with E-state index in [4.69, 9.17) is 0 Å². The predicted molar refractivity (Wildman–Crippen MR) is 123 cm³/mol.